The monoisotopic (exact) mass is 301 g/mol. The molecule has 3 nitrogen and oxygen atoms in total. The van der Waals surface area contributed by atoms with E-state index >= 15 is 0 Å². The van der Waals surface area contributed by atoms with Crippen LogP contribution >= 0.6 is 12.6 Å². The highest BCUT2D eigenvalue weighted by atomic mass is 32.2. The molecule has 5 heteroatoms. The van der Waals surface area contributed by atoms with Crippen molar-refractivity contribution in [2.75, 3.05) is 4.72 Å². The first-order chi connectivity index (χ1) is 8.99. The first-order valence-corrected chi connectivity index (χ1v) is 8.79. The third-order valence-electron chi connectivity index (χ3n) is 3.06. The lowest BCUT2D eigenvalue weighted by molar-refractivity contribution is 0.552. The van der Waals surface area contributed by atoms with Crippen molar-refractivity contribution in [1.82, 2.24) is 0 Å². The van der Waals surface area contributed by atoms with Crippen molar-refractivity contribution >= 4 is 28.3 Å². The summed E-state index contributed by atoms with van der Waals surface area (Å²) < 4.78 is 27.4. The number of hydrogen-bond donors (Lipinski definition) is 2. The Labute approximate surface area is 122 Å². The molecule has 0 aliphatic carbocycles. The predicted octanol–water partition coefficient (Wildman–Crippen LogP) is 4.08. The van der Waals surface area contributed by atoms with E-state index in [9.17, 15) is 8.42 Å². The molecule has 0 aliphatic rings. The maximum Gasteiger partial charge on any atom is 0.235 e. The molecule has 0 aromatic heterocycles. The number of nitrogens with one attached hydrogen (secondary N) is 1. The summed E-state index contributed by atoms with van der Waals surface area (Å²) in [5.74, 6) is 0. The number of thiol groups is 1. The molecule has 0 saturated carbocycles. The van der Waals surface area contributed by atoms with Crippen molar-refractivity contribution in [2.45, 2.75) is 56.1 Å². The van der Waals surface area contributed by atoms with Crippen LogP contribution < -0.4 is 4.72 Å². The van der Waals surface area contributed by atoms with Gasteiger partial charge in [-0.05, 0) is 37.1 Å². The molecule has 0 spiro atoms. The van der Waals surface area contributed by atoms with Gasteiger partial charge < -0.3 is 0 Å². The van der Waals surface area contributed by atoms with Crippen molar-refractivity contribution in [1.29, 1.82) is 0 Å². The van der Waals surface area contributed by atoms with Gasteiger partial charge in [0.2, 0.25) is 10.0 Å². The molecule has 0 radical (unpaired) electrons. The Morgan fingerprint density at radius 1 is 1.11 bits per heavy atom. The van der Waals surface area contributed by atoms with Gasteiger partial charge in [0.05, 0.1) is 5.25 Å². The van der Waals surface area contributed by atoms with Crippen LogP contribution in [0.3, 0.4) is 0 Å². The molecular weight excluding hydrogens is 278 g/mol. The van der Waals surface area contributed by atoms with Crippen LogP contribution in [-0.4, -0.2) is 13.7 Å². The zero-order valence-corrected chi connectivity index (χ0v) is 13.3. The SMILES string of the molecule is CCCCC(CCC)S(=O)(=O)Nc1ccc(S)cc1. The minimum atomic E-state index is -3.30. The van der Waals surface area contributed by atoms with Gasteiger partial charge in [0.1, 0.15) is 0 Å². The Balaban J connectivity index is 2.78. The maximum atomic E-state index is 12.4. The molecule has 0 saturated heterocycles. The van der Waals surface area contributed by atoms with Crippen LogP contribution in [0.1, 0.15) is 46.0 Å². The van der Waals surface area contributed by atoms with Gasteiger partial charge in [-0.1, -0.05) is 33.1 Å². The molecule has 1 atom stereocenters. The van der Waals surface area contributed by atoms with Gasteiger partial charge in [-0.25, -0.2) is 8.42 Å². The molecule has 1 aromatic carbocycles. The van der Waals surface area contributed by atoms with Gasteiger partial charge in [0.25, 0.3) is 0 Å². The Kier molecular flexibility index (Phi) is 6.72. The van der Waals surface area contributed by atoms with Crippen LogP contribution in [0.15, 0.2) is 29.2 Å². The highest BCUT2D eigenvalue weighted by Crippen LogP contribution is 2.20. The molecule has 0 bridgehead atoms. The lowest BCUT2D eigenvalue weighted by Gasteiger charge is -2.18. The van der Waals surface area contributed by atoms with E-state index in [4.69, 9.17) is 0 Å². The maximum absolute atomic E-state index is 12.4. The van der Waals surface area contributed by atoms with E-state index in [0.29, 0.717) is 12.1 Å². The molecule has 1 N–H and O–H groups in total. The smallest absolute Gasteiger partial charge is 0.235 e. The average molecular weight is 301 g/mol. The number of rotatable bonds is 8. The molecule has 0 fully saturated rings. The number of hydrogen-bond acceptors (Lipinski definition) is 3. The Morgan fingerprint density at radius 2 is 1.74 bits per heavy atom. The Morgan fingerprint density at radius 3 is 2.26 bits per heavy atom. The molecule has 1 unspecified atom stereocenters. The Bertz CT molecular complexity index is 469. The van der Waals surface area contributed by atoms with Crippen molar-refractivity contribution in [2.24, 2.45) is 0 Å². The molecule has 0 aliphatic heterocycles. The minimum Gasteiger partial charge on any atom is -0.283 e. The molecule has 1 rings (SSSR count). The topological polar surface area (TPSA) is 46.2 Å². The van der Waals surface area contributed by atoms with E-state index in [-0.39, 0.29) is 5.25 Å². The summed E-state index contributed by atoms with van der Waals surface area (Å²) in [5, 5.41) is -0.298. The number of unbranched alkanes of at least 4 members (excludes halogenated alkanes) is 1. The van der Waals surface area contributed by atoms with Gasteiger partial charge in [-0.15, -0.1) is 12.6 Å². The fourth-order valence-electron chi connectivity index (χ4n) is 1.99. The third-order valence-corrected chi connectivity index (χ3v) is 5.22. The van der Waals surface area contributed by atoms with Gasteiger partial charge in [0.15, 0.2) is 0 Å². The molecule has 19 heavy (non-hydrogen) atoms. The van der Waals surface area contributed by atoms with Crippen molar-refractivity contribution in [3.05, 3.63) is 24.3 Å². The van der Waals surface area contributed by atoms with Crippen LogP contribution in [0.25, 0.3) is 0 Å². The molecule has 0 heterocycles. The third kappa shape index (κ3) is 5.45. The van der Waals surface area contributed by atoms with E-state index in [1.807, 2.05) is 6.92 Å². The van der Waals surface area contributed by atoms with Gasteiger partial charge in [-0.3, -0.25) is 4.72 Å². The molecule has 0 amide bonds. The first kappa shape index (κ1) is 16.4. The summed E-state index contributed by atoms with van der Waals surface area (Å²) in [7, 11) is -3.30. The van der Waals surface area contributed by atoms with Crippen LogP contribution in [0.2, 0.25) is 0 Å². The van der Waals surface area contributed by atoms with Crippen molar-refractivity contribution in [3.8, 4) is 0 Å². The summed E-state index contributed by atoms with van der Waals surface area (Å²) >= 11 is 4.19. The largest absolute Gasteiger partial charge is 0.283 e. The normalized spacial score (nSPS) is 13.2. The van der Waals surface area contributed by atoms with E-state index in [0.717, 1.165) is 30.6 Å². The summed E-state index contributed by atoms with van der Waals surface area (Å²) in [4.78, 5) is 0.819. The lowest BCUT2D eigenvalue weighted by Crippen LogP contribution is -2.27. The second-order valence-electron chi connectivity index (χ2n) is 4.75. The van der Waals surface area contributed by atoms with E-state index in [2.05, 4.69) is 24.3 Å². The van der Waals surface area contributed by atoms with E-state index in [1.165, 1.54) is 0 Å². The highest BCUT2D eigenvalue weighted by Gasteiger charge is 2.23. The van der Waals surface area contributed by atoms with E-state index in [1.54, 1.807) is 24.3 Å². The van der Waals surface area contributed by atoms with Crippen molar-refractivity contribution in [3.63, 3.8) is 0 Å². The fraction of sp³-hybridized carbons (Fsp3) is 0.571. The van der Waals surface area contributed by atoms with Crippen molar-refractivity contribution < 1.29 is 8.42 Å². The zero-order chi connectivity index (χ0) is 14.3. The first-order valence-electron chi connectivity index (χ1n) is 6.80. The van der Waals surface area contributed by atoms with Crippen LogP contribution in [0.5, 0.6) is 0 Å². The highest BCUT2D eigenvalue weighted by molar-refractivity contribution is 7.93. The van der Waals surface area contributed by atoms with Crippen LogP contribution in [-0.2, 0) is 10.0 Å². The van der Waals surface area contributed by atoms with Gasteiger partial charge in [0, 0.05) is 10.6 Å². The predicted molar refractivity (Wildman–Crippen MR) is 84.5 cm³/mol. The summed E-state index contributed by atoms with van der Waals surface area (Å²) in [6.45, 7) is 4.10. The molecule has 108 valence electrons. The van der Waals surface area contributed by atoms with Gasteiger partial charge in [-0.2, -0.15) is 0 Å². The fourth-order valence-corrected chi connectivity index (χ4v) is 3.79. The quantitative estimate of drug-likeness (QED) is 0.711. The lowest BCUT2D eigenvalue weighted by atomic mass is 10.1. The van der Waals surface area contributed by atoms with Crippen LogP contribution in [0.4, 0.5) is 5.69 Å². The Hall–Kier alpha value is -0.680. The second-order valence-corrected chi connectivity index (χ2v) is 7.22. The number of anilines is 1. The zero-order valence-electron chi connectivity index (χ0n) is 11.6. The van der Waals surface area contributed by atoms with Crippen LogP contribution in [0, 0.1) is 0 Å². The average Bonchev–Trinajstić information content (AvgIpc) is 2.37. The number of sulfonamides is 1. The second kappa shape index (κ2) is 7.80. The summed E-state index contributed by atoms with van der Waals surface area (Å²) in [6.07, 6.45) is 4.28. The number of benzene rings is 1. The molecular formula is C14H23NO2S2. The van der Waals surface area contributed by atoms with E-state index < -0.39 is 10.0 Å². The standard InChI is InChI=1S/C14H23NO2S2/c1-3-5-7-14(6-4-2)19(16,17)15-12-8-10-13(18)11-9-12/h8-11,14-15,18H,3-7H2,1-2H3. The van der Waals surface area contributed by atoms with Gasteiger partial charge >= 0.3 is 0 Å². The summed E-state index contributed by atoms with van der Waals surface area (Å²) in [5.41, 5.74) is 0.607. The summed E-state index contributed by atoms with van der Waals surface area (Å²) in [6, 6.07) is 7.04. The molecule has 1 aromatic rings. The minimum absolute atomic E-state index is 0.298.